The summed E-state index contributed by atoms with van der Waals surface area (Å²) in [6.45, 7) is 6.86. The Morgan fingerprint density at radius 2 is 1.73 bits per heavy atom. The summed E-state index contributed by atoms with van der Waals surface area (Å²) >= 11 is 0. The van der Waals surface area contributed by atoms with Gasteiger partial charge in [0, 0.05) is 29.9 Å². The van der Waals surface area contributed by atoms with Crippen molar-refractivity contribution >= 4 is 27.5 Å². The summed E-state index contributed by atoms with van der Waals surface area (Å²) in [7, 11) is -3.41. The average molecular weight is 470 g/mol. The first kappa shape index (κ1) is 24.5. The van der Waals surface area contributed by atoms with Gasteiger partial charge in [0.1, 0.15) is 5.60 Å². The molecule has 0 radical (unpaired) electrons. The van der Waals surface area contributed by atoms with E-state index in [0.29, 0.717) is 41.5 Å². The molecule has 7 nitrogen and oxygen atoms in total. The third-order valence-corrected chi connectivity index (χ3v) is 5.84. The summed E-state index contributed by atoms with van der Waals surface area (Å²) in [4.78, 5) is 14.1. The average Bonchev–Trinajstić information content (AvgIpc) is 2.72. The van der Waals surface area contributed by atoms with E-state index in [1.165, 1.54) is 0 Å². The molecule has 8 heteroatoms. The molecule has 1 aliphatic heterocycles. The summed E-state index contributed by atoms with van der Waals surface area (Å²) in [5, 5.41) is 0. The zero-order chi connectivity index (χ0) is 24.2. The van der Waals surface area contributed by atoms with Crippen molar-refractivity contribution in [2.24, 2.45) is 0 Å². The van der Waals surface area contributed by atoms with Crippen molar-refractivity contribution < 1.29 is 17.9 Å². The number of carbonyl (C=O) groups is 1. The van der Waals surface area contributed by atoms with Crippen LogP contribution in [0.15, 0.2) is 42.5 Å². The van der Waals surface area contributed by atoms with E-state index in [2.05, 4.69) is 16.6 Å². The summed E-state index contributed by atoms with van der Waals surface area (Å²) < 4.78 is 31.2. The monoisotopic (exact) mass is 469 g/mol. The maximum atomic E-state index is 12.3. The minimum absolute atomic E-state index is 0.272. The quantitative estimate of drug-likeness (QED) is 0.519. The number of nitrogens with two attached hydrogens (primary N) is 1. The Kier molecular flexibility index (Phi) is 7.23. The van der Waals surface area contributed by atoms with Crippen LogP contribution in [0.3, 0.4) is 0 Å². The van der Waals surface area contributed by atoms with Gasteiger partial charge in [-0.15, -0.1) is 0 Å². The minimum Gasteiger partial charge on any atom is -0.444 e. The van der Waals surface area contributed by atoms with Crippen molar-refractivity contribution in [3.05, 3.63) is 59.2 Å². The first-order chi connectivity index (χ1) is 15.4. The molecular weight excluding hydrogens is 438 g/mol. The molecule has 1 heterocycles. The molecule has 0 spiro atoms. The van der Waals surface area contributed by atoms with Gasteiger partial charge < -0.3 is 15.4 Å². The first-order valence-corrected chi connectivity index (χ1v) is 12.8. The number of amides is 1. The summed E-state index contributed by atoms with van der Waals surface area (Å²) in [5.74, 6) is 6.43. The number of nitrogens with zero attached hydrogens (tertiary/aromatic N) is 1. The highest BCUT2D eigenvalue weighted by Gasteiger charge is 2.27. The molecular formula is C25H31N3O4S. The Morgan fingerprint density at radius 1 is 1.09 bits per heavy atom. The number of benzene rings is 2. The van der Waals surface area contributed by atoms with Gasteiger partial charge in [-0.1, -0.05) is 30.0 Å². The van der Waals surface area contributed by atoms with E-state index in [4.69, 9.17) is 10.5 Å². The van der Waals surface area contributed by atoms with E-state index in [9.17, 15) is 13.2 Å². The van der Waals surface area contributed by atoms with Gasteiger partial charge in [-0.2, -0.15) is 0 Å². The highest BCUT2D eigenvalue weighted by atomic mass is 32.2. The van der Waals surface area contributed by atoms with Gasteiger partial charge >= 0.3 is 6.09 Å². The number of nitrogen functional groups attached to an aromatic ring is 1. The van der Waals surface area contributed by atoms with Crippen molar-refractivity contribution in [1.29, 1.82) is 0 Å². The number of carbonyl (C=O) groups excluding carboxylic acids is 1. The predicted octanol–water partition coefficient (Wildman–Crippen LogP) is 4.15. The third-order valence-electron chi connectivity index (χ3n) is 5.25. The standard InChI is InChI=1S/C25H31N3O4S/c1-25(2,3)32-24(29)28-15-13-18(14-16-28)20-11-12-22(26)21(17-20)10-9-19-7-5-6-8-23(19)27-33(4,30)31/h5-8,11-12,17-18,27H,13-16,26H2,1-4H3. The number of para-hydroxylation sites is 1. The highest BCUT2D eigenvalue weighted by Crippen LogP contribution is 2.30. The first-order valence-electron chi connectivity index (χ1n) is 10.9. The molecule has 33 heavy (non-hydrogen) atoms. The van der Waals surface area contributed by atoms with E-state index in [-0.39, 0.29) is 6.09 Å². The number of ether oxygens (including phenoxy) is 1. The Labute approximate surface area is 196 Å². The number of rotatable bonds is 3. The van der Waals surface area contributed by atoms with Crippen LogP contribution in [-0.4, -0.2) is 44.4 Å². The number of hydrogen-bond acceptors (Lipinski definition) is 5. The second kappa shape index (κ2) is 9.75. The fourth-order valence-electron chi connectivity index (χ4n) is 3.67. The normalized spacial score (nSPS) is 14.8. The van der Waals surface area contributed by atoms with Crippen LogP contribution in [-0.2, 0) is 14.8 Å². The van der Waals surface area contributed by atoms with Crippen molar-refractivity contribution in [2.75, 3.05) is 29.8 Å². The van der Waals surface area contributed by atoms with E-state index < -0.39 is 15.6 Å². The van der Waals surface area contributed by atoms with Crippen LogP contribution >= 0.6 is 0 Å². The molecule has 0 aromatic heterocycles. The SMILES string of the molecule is CC(C)(C)OC(=O)N1CCC(c2ccc(N)c(C#Cc3ccccc3NS(C)(=O)=O)c2)CC1. The zero-order valence-electron chi connectivity index (χ0n) is 19.5. The molecule has 2 aromatic carbocycles. The maximum Gasteiger partial charge on any atom is 0.410 e. The van der Waals surface area contributed by atoms with Gasteiger partial charge in [0.15, 0.2) is 0 Å². The Morgan fingerprint density at radius 3 is 2.36 bits per heavy atom. The van der Waals surface area contributed by atoms with Crippen molar-refractivity contribution in [1.82, 2.24) is 4.90 Å². The molecule has 0 atom stereocenters. The summed E-state index contributed by atoms with van der Waals surface area (Å²) in [5.41, 5.74) is 9.03. The second-order valence-corrected chi connectivity index (χ2v) is 11.0. The Bertz CT molecular complexity index is 1180. The lowest BCUT2D eigenvalue weighted by Crippen LogP contribution is -2.41. The molecule has 3 rings (SSSR count). The zero-order valence-corrected chi connectivity index (χ0v) is 20.3. The molecule has 1 amide bonds. The summed E-state index contributed by atoms with van der Waals surface area (Å²) in [6.07, 6.45) is 2.49. The topological polar surface area (TPSA) is 102 Å². The lowest BCUT2D eigenvalue weighted by atomic mass is 9.88. The van der Waals surface area contributed by atoms with E-state index >= 15 is 0 Å². The molecule has 1 fully saturated rings. The van der Waals surface area contributed by atoms with Crippen LogP contribution in [0.1, 0.15) is 56.2 Å². The van der Waals surface area contributed by atoms with E-state index in [0.717, 1.165) is 24.7 Å². The van der Waals surface area contributed by atoms with Gasteiger partial charge in [0.2, 0.25) is 10.0 Å². The molecule has 0 bridgehead atoms. The van der Waals surface area contributed by atoms with E-state index in [1.807, 2.05) is 39.0 Å². The van der Waals surface area contributed by atoms with Crippen LogP contribution in [0.25, 0.3) is 0 Å². The van der Waals surface area contributed by atoms with Gasteiger partial charge in [-0.3, -0.25) is 4.72 Å². The molecule has 0 unspecified atom stereocenters. The number of likely N-dealkylation sites (tertiary alicyclic amines) is 1. The molecule has 176 valence electrons. The van der Waals surface area contributed by atoms with Crippen LogP contribution in [0.2, 0.25) is 0 Å². The van der Waals surface area contributed by atoms with Crippen LogP contribution in [0.5, 0.6) is 0 Å². The molecule has 3 N–H and O–H groups in total. The number of nitrogens with one attached hydrogen (secondary N) is 1. The minimum atomic E-state index is -3.41. The smallest absolute Gasteiger partial charge is 0.410 e. The maximum absolute atomic E-state index is 12.3. The number of hydrogen-bond donors (Lipinski definition) is 2. The molecule has 0 saturated carbocycles. The number of anilines is 2. The van der Waals surface area contributed by atoms with Crippen molar-refractivity contribution in [3.63, 3.8) is 0 Å². The van der Waals surface area contributed by atoms with Gasteiger partial charge in [0.05, 0.1) is 11.9 Å². The lowest BCUT2D eigenvalue weighted by Gasteiger charge is -2.33. The van der Waals surface area contributed by atoms with Crippen LogP contribution < -0.4 is 10.5 Å². The van der Waals surface area contributed by atoms with Crippen LogP contribution in [0, 0.1) is 11.8 Å². The van der Waals surface area contributed by atoms with Crippen molar-refractivity contribution in [2.45, 2.75) is 45.1 Å². The Balaban J connectivity index is 1.75. The molecule has 1 aliphatic rings. The van der Waals surface area contributed by atoms with Gasteiger partial charge in [-0.05, 0) is 69.4 Å². The van der Waals surface area contributed by atoms with Gasteiger partial charge in [0.25, 0.3) is 0 Å². The fraction of sp³-hybridized carbons (Fsp3) is 0.400. The largest absolute Gasteiger partial charge is 0.444 e. The van der Waals surface area contributed by atoms with Crippen molar-refractivity contribution in [3.8, 4) is 11.8 Å². The molecule has 0 aliphatic carbocycles. The Hall–Kier alpha value is -3.18. The molecule has 2 aromatic rings. The molecule has 1 saturated heterocycles. The van der Waals surface area contributed by atoms with Crippen LogP contribution in [0.4, 0.5) is 16.2 Å². The number of sulfonamides is 1. The lowest BCUT2D eigenvalue weighted by molar-refractivity contribution is 0.0205. The van der Waals surface area contributed by atoms with Gasteiger partial charge in [-0.25, -0.2) is 13.2 Å². The van der Waals surface area contributed by atoms with E-state index in [1.54, 1.807) is 29.2 Å². The summed E-state index contributed by atoms with van der Waals surface area (Å²) in [6, 6.07) is 12.8. The predicted molar refractivity (Wildman–Crippen MR) is 132 cm³/mol. The second-order valence-electron chi connectivity index (χ2n) is 9.26. The number of piperidine rings is 1. The fourth-order valence-corrected chi connectivity index (χ4v) is 4.25. The highest BCUT2D eigenvalue weighted by molar-refractivity contribution is 7.92. The third kappa shape index (κ3) is 7.16.